The Morgan fingerprint density at radius 2 is 2.19 bits per heavy atom. The van der Waals surface area contributed by atoms with Crippen LogP contribution in [0.3, 0.4) is 0 Å². The lowest BCUT2D eigenvalue weighted by atomic mass is 9.87. The second-order valence-corrected chi connectivity index (χ2v) is 5.35. The molecule has 1 amide bonds. The highest BCUT2D eigenvalue weighted by Crippen LogP contribution is 2.28. The molecular formula is C15H18N4O2. The minimum atomic E-state index is -0.494. The van der Waals surface area contributed by atoms with Crippen LogP contribution in [-0.4, -0.2) is 42.7 Å². The standard InChI is InChI=1S/C15H18N4O2/c1-21-10-15(4-5-16-9-15)14(20)19-11-2-3-12-13(8-11)18-7-6-17-12/h2-3,6-8,16H,4-5,9-10H2,1H3,(H,19,20). The third kappa shape index (κ3) is 2.72. The van der Waals surface area contributed by atoms with Crippen LogP contribution in [0.25, 0.3) is 11.0 Å². The molecule has 0 spiro atoms. The van der Waals surface area contributed by atoms with Gasteiger partial charge in [-0.15, -0.1) is 0 Å². The molecule has 1 unspecified atom stereocenters. The zero-order valence-electron chi connectivity index (χ0n) is 11.9. The van der Waals surface area contributed by atoms with Crippen molar-refractivity contribution in [3.8, 4) is 0 Å². The number of hydrogen-bond acceptors (Lipinski definition) is 5. The number of hydrogen-bond donors (Lipinski definition) is 2. The van der Waals surface area contributed by atoms with E-state index in [2.05, 4.69) is 20.6 Å². The van der Waals surface area contributed by atoms with E-state index in [0.29, 0.717) is 13.2 Å². The van der Waals surface area contributed by atoms with Gasteiger partial charge < -0.3 is 15.4 Å². The molecule has 6 heteroatoms. The number of amides is 1. The summed E-state index contributed by atoms with van der Waals surface area (Å²) in [6, 6.07) is 5.54. The molecule has 2 aromatic rings. The molecule has 0 bridgehead atoms. The zero-order valence-corrected chi connectivity index (χ0v) is 11.9. The first kappa shape index (κ1) is 13.9. The van der Waals surface area contributed by atoms with Crippen LogP contribution in [-0.2, 0) is 9.53 Å². The van der Waals surface area contributed by atoms with Gasteiger partial charge in [-0.3, -0.25) is 14.8 Å². The number of anilines is 1. The molecule has 1 atom stereocenters. The number of methoxy groups -OCH3 is 1. The van der Waals surface area contributed by atoms with Crippen molar-refractivity contribution in [2.45, 2.75) is 6.42 Å². The molecule has 3 rings (SSSR count). The highest BCUT2D eigenvalue weighted by molar-refractivity contribution is 5.97. The number of nitrogens with zero attached hydrogens (tertiary/aromatic N) is 2. The molecule has 1 aliphatic rings. The van der Waals surface area contributed by atoms with Crippen molar-refractivity contribution in [3.63, 3.8) is 0 Å². The summed E-state index contributed by atoms with van der Waals surface area (Å²) in [6.45, 7) is 1.89. The molecule has 2 N–H and O–H groups in total. The average Bonchev–Trinajstić information content (AvgIpc) is 2.97. The van der Waals surface area contributed by atoms with Crippen molar-refractivity contribution < 1.29 is 9.53 Å². The first-order valence-corrected chi connectivity index (χ1v) is 6.95. The Labute approximate surface area is 122 Å². The van der Waals surface area contributed by atoms with Crippen molar-refractivity contribution >= 4 is 22.6 Å². The SMILES string of the molecule is COCC1(C(=O)Nc2ccc3nccnc3c2)CCNC1. The minimum Gasteiger partial charge on any atom is -0.384 e. The van der Waals surface area contributed by atoms with E-state index in [1.807, 2.05) is 18.2 Å². The topological polar surface area (TPSA) is 76.1 Å². The first-order valence-electron chi connectivity index (χ1n) is 6.95. The van der Waals surface area contributed by atoms with Crippen LogP contribution < -0.4 is 10.6 Å². The molecule has 6 nitrogen and oxygen atoms in total. The molecular weight excluding hydrogens is 268 g/mol. The highest BCUT2D eigenvalue weighted by atomic mass is 16.5. The van der Waals surface area contributed by atoms with Crippen LogP contribution in [0, 0.1) is 5.41 Å². The van der Waals surface area contributed by atoms with Crippen molar-refractivity contribution in [1.82, 2.24) is 15.3 Å². The summed E-state index contributed by atoms with van der Waals surface area (Å²) in [5.74, 6) is -0.0161. The number of ether oxygens (including phenoxy) is 1. The number of benzene rings is 1. The van der Waals surface area contributed by atoms with E-state index in [4.69, 9.17) is 4.74 Å². The van der Waals surface area contributed by atoms with Crippen LogP contribution in [0.1, 0.15) is 6.42 Å². The van der Waals surface area contributed by atoms with E-state index in [1.54, 1.807) is 19.5 Å². The number of rotatable bonds is 4. The number of fused-ring (bicyclic) bond motifs is 1. The van der Waals surface area contributed by atoms with Crippen molar-refractivity contribution in [2.24, 2.45) is 5.41 Å². The number of nitrogens with one attached hydrogen (secondary N) is 2. The summed E-state index contributed by atoms with van der Waals surface area (Å²) in [6.07, 6.45) is 4.07. The summed E-state index contributed by atoms with van der Waals surface area (Å²) in [7, 11) is 1.62. The molecule has 1 aromatic heterocycles. The minimum absolute atomic E-state index is 0.0161. The fourth-order valence-corrected chi connectivity index (χ4v) is 2.71. The maximum absolute atomic E-state index is 12.6. The lowest BCUT2D eigenvalue weighted by molar-refractivity contribution is -0.127. The van der Waals surface area contributed by atoms with Crippen molar-refractivity contribution in [2.75, 3.05) is 32.1 Å². The number of carbonyl (C=O) groups is 1. The average molecular weight is 286 g/mol. The summed E-state index contributed by atoms with van der Waals surface area (Å²) >= 11 is 0. The van der Waals surface area contributed by atoms with Gasteiger partial charge in [0.05, 0.1) is 23.1 Å². The van der Waals surface area contributed by atoms with Gasteiger partial charge in [-0.1, -0.05) is 0 Å². The molecule has 1 aromatic carbocycles. The van der Waals surface area contributed by atoms with Gasteiger partial charge in [-0.2, -0.15) is 0 Å². The van der Waals surface area contributed by atoms with Gasteiger partial charge in [0, 0.05) is 31.7 Å². The Bertz CT molecular complexity index is 653. The monoisotopic (exact) mass is 286 g/mol. The zero-order chi connectivity index (χ0) is 14.7. The highest BCUT2D eigenvalue weighted by Gasteiger charge is 2.41. The lowest BCUT2D eigenvalue weighted by Crippen LogP contribution is -2.41. The van der Waals surface area contributed by atoms with Crippen LogP contribution in [0.15, 0.2) is 30.6 Å². The number of carbonyl (C=O) groups excluding carboxylic acids is 1. The molecule has 21 heavy (non-hydrogen) atoms. The Kier molecular flexibility index (Phi) is 3.81. The van der Waals surface area contributed by atoms with Gasteiger partial charge in [0.25, 0.3) is 0 Å². The van der Waals surface area contributed by atoms with Crippen LogP contribution in [0.4, 0.5) is 5.69 Å². The number of aromatic nitrogens is 2. The molecule has 0 radical (unpaired) electrons. The summed E-state index contributed by atoms with van der Waals surface area (Å²) < 4.78 is 5.24. The Balaban J connectivity index is 1.82. The summed E-state index contributed by atoms with van der Waals surface area (Å²) in [4.78, 5) is 21.1. The van der Waals surface area contributed by atoms with Gasteiger partial charge in [-0.25, -0.2) is 0 Å². The molecule has 2 heterocycles. The van der Waals surface area contributed by atoms with E-state index in [-0.39, 0.29) is 5.91 Å². The van der Waals surface area contributed by atoms with Gasteiger partial charge in [-0.05, 0) is 31.2 Å². The van der Waals surface area contributed by atoms with E-state index in [0.717, 1.165) is 29.7 Å². The molecule has 110 valence electrons. The third-order valence-corrected chi connectivity index (χ3v) is 3.87. The maximum atomic E-state index is 12.6. The van der Waals surface area contributed by atoms with E-state index in [1.165, 1.54) is 0 Å². The fourth-order valence-electron chi connectivity index (χ4n) is 2.71. The van der Waals surface area contributed by atoms with Gasteiger partial charge in [0.15, 0.2) is 0 Å². The maximum Gasteiger partial charge on any atom is 0.234 e. The summed E-state index contributed by atoms with van der Waals surface area (Å²) in [5, 5.41) is 6.21. The molecule has 0 saturated carbocycles. The predicted molar refractivity (Wildman–Crippen MR) is 80.0 cm³/mol. The lowest BCUT2D eigenvalue weighted by Gasteiger charge is -2.25. The Hall–Kier alpha value is -2.05. The molecule has 0 aliphatic carbocycles. The van der Waals surface area contributed by atoms with E-state index in [9.17, 15) is 4.79 Å². The Morgan fingerprint density at radius 3 is 2.90 bits per heavy atom. The van der Waals surface area contributed by atoms with Crippen LogP contribution in [0.5, 0.6) is 0 Å². The molecule has 1 aliphatic heterocycles. The van der Waals surface area contributed by atoms with Crippen LogP contribution in [0.2, 0.25) is 0 Å². The fraction of sp³-hybridized carbons (Fsp3) is 0.400. The Morgan fingerprint density at radius 1 is 1.38 bits per heavy atom. The second-order valence-electron chi connectivity index (χ2n) is 5.35. The smallest absolute Gasteiger partial charge is 0.234 e. The van der Waals surface area contributed by atoms with Gasteiger partial charge in [0.2, 0.25) is 5.91 Å². The molecule has 1 saturated heterocycles. The van der Waals surface area contributed by atoms with Gasteiger partial charge >= 0.3 is 0 Å². The summed E-state index contributed by atoms with van der Waals surface area (Å²) in [5.41, 5.74) is 1.81. The van der Waals surface area contributed by atoms with E-state index < -0.39 is 5.41 Å². The quantitative estimate of drug-likeness (QED) is 0.883. The second kappa shape index (κ2) is 5.75. The van der Waals surface area contributed by atoms with Gasteiger partial charge in [0.1, 0.15) is 0 Å². The largest absolute Gasteiger partial charge is 0.384 e. The molecule has 1 fully saturated rings. The van der Waals surface area contributed by atoms with Crippen molar-refractivity contribution in [3.05, 3.63) is 30.6 Å². The van der Waals surface area contributed by atoms with E-state index >= 15 is 0 Å². The normalized spacial score (nSPS) is 21.6. The predicted octanol–water partition coefficient (Wildman–Crippen LogP) is 1.19. The third-order valence-electron chi connectivity index (χ3n) is 3.87. The first-order chi connectivity index (χ1) is 10.2. The van der Waals surface area contributed by atoms with Crippen LogP contribution >= 0.6 is 0 Å². The van der Waals surface area contributed by atoms with Crippen molar-refractivity contribution in [1.29, 1.82) is 0 Å².